The third kappa shape index (κ3) is 4.74. The maximum atomic E-state index is 12.5. The van der Waals surface area contributed by atoms with Gasteiger partial charge in [0.2, 0.25) is 5.91 Å². The van der Waals surface area contributed by atoms with Crippen LogP contribution in [0.15, 0.2) is 42.5 Å². The van der Waals surface area contributed by atoms with Crippen LogP contribution < -0.4 is 15.4 Å². The summed E-state index contributed by atoms with van der Waals surface area (Å²) in [6.07, 6.45) is 0. The predicted molar refractivity (Wildman–Crippen MR) is 114 cm³/mol. The van der Waals surface area contributed by atoms with Crippen molar-refractivity contribution in [3.63, 3.8) is 0 Å². The van der Waals surface area contributed by atoms with Crippen LogP contribution in [-0.4, -0.2) is 54.3 Å². The molecule has 2 aromatic rings. The minimum Gasteiger partial charge on any atom is -0.483 e. The van der Waals surface area contributed by atoms with E-state index in [9.17, 15) is 19.2 Å². The first kappa shape index (κ1) is 22.0. The number of aryl methyl sites for hydroxylation is 1. The Morgan fingerprint density at radius 2 is 1.55 bits per heavy atom. The molecule has 0 radical (unpaired) electrons. The molecule has 0 spiro atoms. The molecule has 1 aliphatic heterocycles. The van der Waals surface area contributed by atoms with Crippen LogP contribution in [0.3, 0.4) is 0 Å². The first-order valence-electron chi connectivity index (χ1n) is 10.0. The second-order valence-corrected chi connectivity index (χ2v) is 7.33. The Kier molecular flexibility index (Phi) is 6.69. The van der Waals surface area contributed by atoms with Gasteiger partial charge in [-0.2, -0.15) is 0 Å². The van der Waals surface area contributed by atoms with Gasteiger partial charge in [-0.25, -0.2) is 0 Å². The number of nitrogens with zero attached hydrogens (tertiary/aromatic N) is 1. The van der Waals surface area contributed by atoms with Crippen LogP contribution >= 0.6 is 0 Å². The Balaban J connectivity index is 1.42. The molecule has 0 saturated heterocycles. The van der Waals surface area contributed by atoms with Crippen molar-refractivity contribution in [2.45, 2.75) is 26.8 Å². The quantitative estimate of drug-likeness (QED) is 0.496. The van der Waals surface area contributed by atoms with Crippen LogP contribution in [0.2, 0.25) is 0 Å². The zero-order chi connectivity index (χ0) is 22.5. The highest BCUT2D eigenvalue weighted by Gasteiger charge is 2.40. The highest BCUT2D eigenvalue weighted by molar-refractivity contribution is 6.22. The maximum Gasteiger partial charge on any atom is 0.262 e. The van der Waals surface area contributed by atoms with Gasteiger partial charge in [-0.05, 0) is 50.1 Å². The molecule has 1 atom stereocenters. The summed E-state index contributed by atoms with van der Waals surface area (Å²) in [6, 6.07) is 11.1. The van der Waals surface area contributed by atoms with E-state index in [1.807, 2.05) is 26.0 Å². The molecule has 3 rings (SSSR count). The van der Waals surface area contributed by atoms with Crippen LogP contribution in [0, 0.1) is 13.8 Å². The molecule has 0 bridgehead atoms. The van der Waals surface area contributed by atoms with E-state index in [4.69, 9.17) is 4.74 Å². The Morgan fingerprint density at radius 3 is 2.19 bits per heavy atom. The summed E-state index contributed by atoms with van der Waals surface area (Å²) in [5.41, 5.74) is 2.64. The molecule has 0 fully saturated rings. The number of ether oxygens (including phenoxy) is 1. The molecule has 162 valence electrons. The van der Waals surface area contributed by atoms with E-state index in [0.717, 1.165) is 16.0 Å². The molecule has 31 heavy (non-hydrogen) atoms. The second-order valence-electron chi connectivity index (χ2n) is 7.33. The monoisotopic (exact) mass is 423 g/mol. The van der Waals surface area contributed by atoms with Gasteiger partial charge in [-0.3, -0.25) is 24.1 Å². The number of carbonyl (C=O) groups is 4. The molecule has 2 N–H and O–H groups in total. The fraction of sp³-hybridized carbons (Fsp3) is 0.304. The summed E-state index contributed by atoms with van der Waals surface area (Å²) in [7, 11) is 0. The van der Waals surface area contributed by atoms with Crippen LogP contribution in [0.4, 0.5) is 0 Å². The lowest BCUT2D eigenvalue weighted by Gasteiger charge is -2.21. The van der Waals surface area contributed by atoms with E-state index in [0.29, 0.717) is 16.9 Å². The summed E-state index contributed by atoms with van der Waals surface area (Å²) in [6.45, 7) is 5.59. The van der Waals surface area contributed by atoms with Crippen molar-refractivity contribution >= 4 is 23.6 Å². The molecular weight excluding hydrogens is 398 g/mol. The first-order chi connectivity index (χ1) is 14.8. The van der Waals surface area contributed by atoms with Crippen LogP contribution in [0.5, 0.6) is 5.75 Å². The summed E-state index contributed by atoms with van der Waals surface area (Å²) in [5, 5.41) is 5.29. The highest BCUT2D eigenvalue weighted by atomic mass is 16.5. The van der Waals surface area contributed by atoms with Crippen LogP contribution in [0.1, 0.15) is 38.8 Å². The molecule has 8 heteroatoms. The van der Waals surface area contributed by atoms with E-state index >= 15 is 0 Å². The van der Waals surface area contributed by atoms with Gasteiger partial charge in [0.15, 0.2) is 6.61 Å². The zero-order valence-electron chi connectivity index (χ0n) is 17.7. The minimum absolute atomic E-state index is 0.135. The number of fused-ring (bicyclic) bond motifs is 1. The fourth-order valence-corrected chi connectivity index (χ4v) is 3.29. The molecule has 1 heterocycles. The number of imide groups is 1. The lowest BCUT2D eigenvalue weighted by atomic mass is 10.1. The molecule has 1 aliphatic rings. The van der Waals surface area contributed by atoms with Gasteiger partial charge in [-0.1, -0.05) is 24.3 Å². The van der Waals surface area contributed by atoms with E-state index < -0.39 is 23.8 Å². The Bertz CT molecular complexity index is 999. The zero-order valence-corrected chi connectivity index (χ0v) is 17.7. The topological polar surface area (TPSA) is 105 Å². The van der Waals surface area contributed by atoms with Crippen molar-refractivity contribution in [3.05, 3.63) is 64.7 Å². The van der Waals surface area contributed by atoms with E-state index in [1.54, 1.807) is 30.3 Å². The third-order valence-corrected chi connectivity index (χ3v) is 5.25. The smallest absolute Gasteiger partial charge is 0.262 e. The van der Waals surface area contributed by atoms with E-state index in [2.05, 4.69) is 10.6 Å². The molecule has 2 aromatic carbocycles. The summed E-state index contributed by atoms with van der Waals surface area (Å²) >= 11 is 0. The number of rotatable bonds is 8. The van der Waals surface area contributed by atoms with Gasteiger partial charge >= 0.3 is 0 Å². The molecule has 8 nitrogen and oxygen atoms in total. The largest absolute Gasteiger partial charge is 0.483 e. The van der Waals surface area contributed by atoms with Crippen molar-refractivity contribution in [1.29, 1.82) is 0 Å². The van der Waals surface area contributed by atoms with Crippen molar-refractivity contribution in [3.8, 4) is 5.75 Å². The van der Waals surface area contributed by atoms with Gasteiger partial charge < -0.3 is 15.4 Å². The average Bonchev–Trinajstić information content (AvgIpc) is 3.02. The summed E-state index contributed by atoms with van der Waals surface area (Å²) in [5.74, 6) is -1.11. The SMILES string of the molecule is Cc1cccc(OCC(=O)NCCNC(=O)C(C)N2C(=O)c3ccccc3C2=O)c1C. The summed E-state index contributed by atoms with van der Waals surface area (Å²) < 4.78 is 5.54. The van der Waals surface area contributed by atoms with Crippen LogP contribution in [0.25, 0.3) is 0 Å². The van der Waals surface area contributed by atoms with E-state index in [-0.39, 0.29) is 25.6 Å². The Labute approximate surface area is 180 Å². The van der Waals surface area contributed by atoms with Gasteiger partial charge in [0.1, 0.15) is 11.8 Å². The fourth-order valence-electron chi connectivity index (χ4n) is 3.29. The van der Waals surface area contributed by atoms with Gasteiger partial charge in [-0.15, -0.1) is 0 Å². The number of benzene rings is 2. The number of amides is 4. The van der Waals surface area contributed by atoms with Crippen LogP contribution in [-0.2, 0) is 9.59 Å². The predicted octanol–water partition coefficient (Wildman–Crippen LogP) is 1.60. The Morgan fingerprint density at radius 1 is 0.935 bits per heavy atom. The van der Waals surface area contributed by atoms with Crippen molar-refractivity contribution in [1.82, 2.24) is 15.5 Å². The van der Waals surface area contributed by atoms with Gasteiger partial charge in [0.25, 0.3) is 17.7 Å². The van der Waals surface area contributed by atoms with E-state index in [1.165, 1.54) is 6.92 Å². The molecule has 0 aromatic heterocycles. The molecule has 1 unspecified atom stereocenters. The normalized spacial score (nSPS) is 13.6. The van der Waals surface area contributed by atoms with Gasteiger partial charge in [0.05, 0.1) is 11.1 Å². The lowest BCUT2D eigenvalue weighted by molar-refractivity contribution is -0.125. The van der Waals surface area contributed by atoms with Gasteiger partial charge in [0, 0.05) is 13.1 Å². The third-order valence-electron chi connectivity index (χ3n) is 5.25. The van der Waals surface area contributed by atoms with Crippen molar-refractivity contribution in [2.24, 2.45) is 0 Å². The van der Waals surface area contributed by atoms with Crippen molar-refractivity contribution in [2.75, 3.05) is 19.7 Å². The minimum atomic E-state index is -0.962. The number of nitrogens with one attached hydrogen (secondary N) is 2. The number of carbonyl (C=O) groups excluding carboxylic acids is 4. The lowest BCUT2D eigenvalue weighted by Crippen LogP contribution is -2.49. The highest BCUT2D eigenvalue weighted by Crippen LogP contribution is 2.24. The van der Waals surface area contributed by atoms with Crippen molar-refractivity contribution < 1.29 is 23.9 Å². The molecule has 4 amide bonds. The molecule has 0 aliphatic carbocycles. The standard InChI is InChI=1S/C23H25N3O5/c1-14-7-6-10-19(15(14)2)31-13-20(27)24-11-12-25-21(28)16(3)26-22(29)17-8-4-5-9-18(17)23(26)30/h4-10,16H,11-13H2,1-3H3,(H,24,27)(H,25,28). The average molecular weight is 423 g/mol. The maximum absolute atomic E-state index is 12.5. The summed E-state index contributed by atoms with van der Waals surface area (Å²) in [4.78, 5) is 50.2. The Hall–Kier alpha value is -3.68. The molecular formula is C23H25N3O5. The number of hydrogen-bond acceptors (Lipinski definition) is 5. The number of hydrogen-bond donors (Lipinski definition) is 2. The second kappa shape index (κ2) is 9.42. The first-order valence-corrected chi connectivity index (χ1v) is 10.0. The molecule has 0 saturated carbocycles.